The molecule has 0 bridgehead atoms. The third-order valence-electron chi connectivity index (χ3n) is 4.59. The fourth-order valence-corrected chi connectivity index (χ4v) is 3.02. The summed E-state index contributed by atoms with van der Waals surface area (Å²) in [5, 5.41) is 3.55. The molecule has 2 rings (SSSR count). The normalized spacial score (nSPS) is 25.1. The van der Waals surface area contributed by atoms with Crippen molar-refractivity contribution in [1.29, 1.82) is 0 Å². The Morgan fingerprint density at radius 1 is 1.25 bits per heavy atom. The van der Waals surface area contributed by atoms with Gasteiger partial charge in [0.1, 0.15) is 11.9 Å². The van der Waals surface area contributed by atoms with Gasteiger partial charge in [0, 0.05) is 17.9 Å². The van der Waals surface area contributed by atoms with Gasteiger partial charge in [0.2, 0.25) is 0 Å². The van der Waals surface area contributed by atoms with Crippen LogP contribution in [0, 0.1) is 5.41 Å². The smallest absolute Gasteiger partial charge is 0.123 e. The van der Waals surface area contributed by atoms with Crippen LogP contribution in [0.25, 0.3) is 0 Å². The average Bonchev–Trinajstić information content (AvgIpc) is 2.37. The average molecular weight is 275 g/mol. The summed E-state index contributed by atoms with van der Waals surface area (Å²) in [6, 6.07) is 9.03. The number of hydrogen-bond donors (Lipinski definition) is 1. The van der Waals surface area contributed by atoms with Gasteiger partial charge < -0.3 is 10.1 Å². The van der Waals surface area contributed by atoms with Crippen molar-refractivity contribution >= 4 is 0 Å². The molecule has 0 saturated heterocycles. The van der Waals surface area contributed by atoms with Gasteiger partial charge in [0.15, 0.2) is 0 Å². The summed E-state index contributed by atoms with van der Waals surface area (Å²) in [5.74, 6) is 1.05. The van der Waals surface area contributed by atoms with E-state index in [2.05, 4.69) is 71.1 Å². The monoisotopic (exact) mass is 275 g/mol. The van der Waals surface area contributed by atoms with E-state index >= 15 is 0 Å². The molecule has 2 heteroatoms. The number of para-hydroxylation sites is 1. The predicted octanol–water partition coefficient (Wildman–Crippen LogP) is 4.14. The van der Waals surface area contributed by atoms with Gasteiger partial charge in [0.25, 0.3) is 0 Å². The molecule has 1 saturated carbocycles. The van der Waals surface area contributed by atoms with Gasteiger partial charge in [-0.25, -0.2) is 0 Å². The Bertz CT molecular complexity index is 459. The molecule has 2 atom stereocenters. The summed E-state index contributed by atoms with van der Waals surface area (Å²) in [5.41, 5.74) is 1.61. The molecule has 1 aromatic carbocycles. The first-order chi connectivity index (χ1) is 9.26. The molecule has 1 aromatic rings. The summed E-state index contributed by atoms with van der Waals surface area (Å²) in [6.07, 6.45) is 1.40. The third kappa shape index (κ3) is 2.85. The number of ether oxygens (including phenoxy) is 1. The number of hydrogen-bond acceptors (Lipinski definition) is 2. The standard InChI is InChI=1S/C18H29NO/c1-7-19-15-12-16(18(15,5)6)20-14-11-9-8-10-13(14)17(2,3)4/h8-11,15-16,19H,7,12H2,1-6H3. The van der Waals surface area contributed by atoms with E-state index in [0.717, 1.165) is 18.7 Å². The van der Waals surface area contributed by atoms with Crippen LogP contribution in [-0.4, -0.2) is 18.7 Å². The van der Waals surface area contributed by atoms with Gasteiger partial charge in [-0.1, -0.05) is 59.7 Å². The van der Waals surface area contributed by atoms with Crippen molar-refractivity contribution in [2.24, 2.45) is 5.41 Å². The van der Waals surface area contributed by atoms with Crippen LogP contribution in [0.2, 0.25) is 0 Å². The Hall–Kier alpha value is -1.02. The number of benzene rings is 1. The summed E-state index contributed by atoms with van der Waals surface area (Å²) in [7, 11) is 0. The molecule has 1 fully saturated rings. The highest BCUT2D eigenvalue weighted by Gasteiger charge is 2.49. The highest BCUT2D eigenvalue weighted by Crippen LogP contribution is 2.44. The van der Waals surface area contributed by atoms with E-state index in [1.165, 1.54) is 5.56 Å². The first-order valence-electron chi connectivity index (χ1n) is 7.76. The van der Waals surface area contributed by atoms with E-state index in [9.17, 15) is 0 Å². The van der Waals surface area contributed by atoms with E-state index in [1.54, 1.807) is 0 Å². The lowest BCUT2D eigenvalue weighted by Gasteiger charge is -2.52. The maximum absolute atomic E-state index is 6.36. The van der Waals surface area contributed by atoms with E-state index in [4.69, 9.17) is 4.74 Å². The second-order valence-corrected chi connectivity index (χ2v) is 7.52. The third-order valence-corrected chi connectivity index (χ3v) is 4.59. The van der Waals surface area contributed by atoms with Crippen molar-refractivity contribution in [2.75, 3.05) is 6.54 Å². The SMILES string of the molecule is CCNC1CC(Oc2ccccc2C(C)(C)C)C1(C)C. The molecule has 1 N–H and O–H groups in total. The van der Waals surface area contributed by atoms with Crippen molar-refractivity contribution in [1.82, 2.24) is 5.32 Å². The molecular weight excluding hydrogens is 246 g/mol. The molecule has 0 radical (unpaired) electrons. The second-order valence-electron chi connectivity index (χ2n) is 7.52. The van der Waals surface area contributed by atoms with Gasteiger partial charge in [-0.3, -0.25) is 0 Å². The zero-order valence-corrected chi connectivity index (χ0v) is 13.8. The Labute approximate surface area is 123 Å². The van der Waals surface area contributed by atoms with E-state index < -0.39 is 0 Å². The maximum Gasteiger partial charge on any atom is 0.123 e. The Kier molecular flexibility index (Phi) is 4.15. The lowest BCUT2D eigenvalue weighted by molar-refractivity contribution is -0.0549. The zero-order valence-electron chi connectivity index (χ0n) is 13.8. The van der Waals surface area contributed by atoms with Gasteiger partial charge in [0.05, 0.1) is 0 Å². The van der Waals surface area contributed by atoms with Crippen LogP contribution in [0.15, 0.2) is 24.3 Å². The predicted molar refractivity (Wildman–Crippen MR) is 85.4 cm³/mol. The minimum absolute atomic E-state index is 0.117. The maximum atomic E-state index is 6.36. The molecule has 20 heavy (non-hydrogen) atoms. The van der Waals surface area contributed by atoms with E-state index in [0.29, 0.717) is 12.1 Å². The molecule has 2 unspecified atom stereocenters. The fourth-order valence-electron chi connectivity index (χ4n) is 3.02. The van der Waals surface area contributed by atoms with Crippen LogP contribution in [0.3, 0.4) is 0 Å². The van der Waals surface area contributed by atoms with Crippen molar-refractivity contribution in [3.8, 4) is 5.75 Å². The van der Waals surface area contributed by atoms with Gasteiger partial charge in [-0.2, -0.15) is 0 Å². The van der Waals surface area contributed by atoms with Crippen LogP contribution >= 0.6 is 0 Å². The van der Waals surface area contributed by atoms with Crippen LogP contribution in [0.4, 0.5) is 0 Å². The molecular formula is C18H29NO. The Morgan fingerprint density at radius 2 is 1.90 bits per heavy atom. The molecule has 0 aliphatic heterocycles. The van der Waals surface area contributed by atoms with Crippen molar-refractivity contribution < 1.29 is 4.74 Å². The molecule has 0 heterocycles. The Balaban J connectivity index is 2.13. The number of rotatable bonds is 4. The summed E-state index contributed by atoms with van der Waals surface area (Å²) < 4.78 is 6.36. The summed E-state index contributed by atoms with van der Waals surface area (Å²) in [6.45, 7) is 14.5. The first-order valence-corrected chi connectivity index (χ1v) is 7.76. The lowest BCUT2D eigenvalue weighted by atomic mass is 9.64. The molecule has 1 aliphatic carbocycles. The molecule has 1 aliphatic rings. The topological polar surface area (TPSA) is 21.3 Å². The van der Waals surface area contributed by atoms with Gasteiger partial charge in [-0.15, -0.1) is 0 Å². The van der Waals surface area contributed by atoms with Gasteiger partial charge in [-0.05, 0) is 23.6 Å². The van der Waals surface area contributed by atoms with Crippen LogP contribution in [0.1, 0.15) is 53.5 Å². The molecule has 112 valence electrons. The van der Waals surface area contributed by atoms with Crippen LogP contribution in [-0.2, 0) is 5.41 Å². The molecule has 0 amide bonds. The fraction of sp³-hybridized carbons (Fsp3) is 0.667. The van der Waals surface area contributed by atoms with Gasteiger partial charge >= 0.3 is 0 Å². The summed E-state index contributed by atoms with van der Waals surface area (Å²) >= 11 is 0. The van der Waals surface area contributed by atoms with Crippen LogP contribution in [0.5, 0.6) is 5.75 Å². The number of nitrogens with one attached hydrogen (secondary N) is 1. The van der Waals surface area contributed by atoms with E-state index in [1.807, 2.05) is 0 Å². The second kappa shape index (κ2) is 5.40. The van der Waals surface area contributed by atoms with Crippen molar-refractivity contribution in [3.05, 3.63) is 29.8 Å². The molecule has 0 spiro atoms. The molecule has 0 aromatic heterocycles. The first kappa shape index (κ1) is 15.4. The van der Waals surface area contributed by atoms with Crippen LogP contribution < -0.4 is 10.1 Å². The Morgan fingerprint density at radius 3 is 2.45 bits per heavy atom. The highest BCUT2D eigenvalue weighted by atomic mass is 16.5. The van der Waals surface area contributed by atoms with Crippen molar-refractivity contribution in [2.45, 2.75) is 65.5 Å². The van der Waals surface area contributed by atoms with Crippen molar-refractivity contribution in [3.63, 3.8) is 0 Å². The minimum Gasteiger partial charge on any atom is -0.489 e. The zero-order chi connectivity index (χ0) is 15.0. The minimum atomic E-state index is 0.117. The quantitative estimate of drug-likeness (QED) is 0.891. The molecule has 2 nitrogen and oxygen atoms in total. The summed E-state index contributed by atoms with van der Waals surface area (Å²) in [4.78, 5) is 0. The largest absolute Gasteiger partial charge is 0.489 e. The van der Waals surface area contributed by atoms with E-state index in [-0.39, 0.29) is 10.8 Å². The lowest BCUT2D eigenvalue weighted by Crippen LogP contribution is -2.62. The highest BCUT2D eigenvalue weighted by molar-refractivity contribution is 5.38.